The number of rotatable bonds is 3. The molecule has 0 spiro atoms. The molecule has 1 aliphatic rings. The van der Waals surface area contributed by atoms with Crippen molar-refractivity contribution < 1.29 is 9.21 Å². The van der Waals surface area contributed by atoms with Crippen molar-refractivity contribution in [3.05, 3.63) is 51.7 Å². The van der Waals surface area contributed by atoms with Gasteiger partial charge in [0.25, 0.3) is 5.91 Å². The Bertz CT molecular complexity index is 890. The number of nitrogens with zero attached hydrogens (tertiary/aromatic N) is 3. The van der Waals surface area contributed by atoms with Gasteiger partial charge in [0, 0.05) is 37.8 Å². The molecule has 0 bridgehead atoms. The average molecular weight is 390 g/mol. The SMILES string of the molecule is CN1CCN(C(=O)/C(C#N)=C/c2ccc(-c3ccc(Cl)c(Cl)c3)o2)CC1. The smallest absolute Gasteiger partial charge is 0.264 e. The van der Waals surface area contributed by atoms with Gasteiger partial charge in [-0.05, 0) is 37.4 Å². The highest BCUT2D eigenvalue weighted by atomic mass is 35.5. The number of carbonyl (C=O) groups is 1. The summed E-state index contributed by atoms with van der Waals surface area (Å²) in [6.07, 6.45) is 1.47. The summed E-state index contributed by atoms with van der Waals surface area (Å²) < 4.78 is 5.74. The van der Waals surface area contributed by atoms with Crippen LogP contribution in [0.2, 0.25) is 10.0 Å². The van der Waals surface area contributed by atoms with Gasteiger partial charge >= 0.3 is 0 Å². The van der Waals surface area contributed by atoms with Crippen molar-refractivity contribution in [2.24, 2.45) is 0 Å². The molecule has 134 valence electrons. The normalized spacial score (nSPS) is 15.8. The molecule has 3 rings (SSSR count). The minimum atomic E-state index is -0.270. The Labute approximate surface area is 162 Å². The summed E-state index contributed by atoms with van der Waals surface area (Å²) in [4.78, 5) is 16.4. The number of likely N-dealkylation sites (N-methyl/N-ethyl adjacent to an activating group) is 1. The third-order valence-electron chi connectivity index (χ3n) is 4.26. The minimum Gasteiger partial charge on any atom is -0.457 e. The topological polar surface area (TPSA) is 60.5 Å². The molecule has 0 saturated carbocycles. The molecule has 0 N–H and O–H groups in total. The van der Waals surface area contributed by atoms with Gasteiger partial charge in [-0.3, -0.25) is 4.79 Å². The quantitative estimate of drug-likeness (QED) is 0.589. The maximum absolute atomic E-state index is 12.5. The van der Waals surface area contributed by atoms with Gasteiger partial charge in [0.05, 0.1) is 10.0 Å². The Morgan fingerprint density at radius 3 is 2.54 bits per heavy atom. The lowest BCUT2D eigenvalue weighted by Gasteiger charge is -2.32. The number of hydrogen-bond donors (Lipinski definition) is 0. The van der Waals surface area contributed by atoms with Crippen molar-refractivity contribution in [1.29, 1.82) is 5.26 Å². The summed E-state index contributed by atoms with van der Waals surface area (Å²) >= 11 is 12.0. The number of benzene rings is 1. The molecule has 1 fully saturated rings. The van der Waals surface area contributed by atoms with Gasteiger partial charge in [-0.15, -0.1) is 0 Å². The van der Waals surface area contributed by atoms with Crippen LogP contribution in [0.3, 0.4) is 0 Å². The van der Waals surface area contributed by atoms with E-state index in [1.807, 2.05) is 13.1 Å². The van der Waals surface area contributed by atoms with Gasteiger partial charge in [0.1, 0.15) is 23.2 Å². The first-order valence-corrected chi connectivity index (χ1v) is 8.88. The summed E-state index contributed by atoms with van der Waals surface area (Å²) in [5.41, 5.74) is 0.826. The van der Waals surface area contributed by atoms with E-state index in [0.717, 1.165) is 18.7 Å². The van der Waals surface area contributed by atoms with E-state index in [1.165, 1.54) is 6.08 Å². The Balaban J connectivity index is 1.80. The van der Waals surface area contributed by atoms with Crippen molar-refractivity contribution >= 4 is 35.2 Å². The molecular weight excluding hydrogens is 373 g/mol. The largest absolute Gasteiger partial charge is 0.457 e. The molecule has 1 aliphatic heterocycles. The van der Waals surface area contributed by atoms with Crippen LogP contribution in [0.25, 0.3) is 17.4 Å². The van der Waals surface area contributed by atoms with E-state index in [4.69, 9.17) is 27.6 Å². The third kappa shape index (κ3) is 4.10. The summed E-state index contributed by atoms with van der Waals surface area (Å²) in [5, 5.41) is 10.3. The molecule has 5 nitrogen and oxygen atoms in total. The number of furan rings is 1. The molecule has 7 heteroatoms. The van der Waals surface area contributed by atoms with Crippen molar-refractivity contribution in [2.45, 2.75) is 0 Å². The van der Waals surface area contributed by atoms with Crippen LogP contribution in [0, 0.1) is 11.3 Å². The predicted molar refractivity (Wildman–Crippen MR) is 102 cm³/mol. The maximum atomic E-state index is 12.5. The van der Waals surface area contributed by atoms with E-state index < -0.39 is 0 Å². The molecule has 1 aromatic carbocycles. The number of nitriles is 1. The van der Waals surface area contributed by atoms with Crippen LogP contribution >= 0.6 is 23.2 Å². The Morgan fingerprint density at radius 1 is 1.15 bits per heavy atom. The Hall–Kier alpha value is -2.26. The molecular formula is C19H17Cl2N3O2. The monoisotopic (exact) mass is 389 g/mol. The van der Waals surface area contributed by atoms with Crippen LogP contribution in [0.1, 0.15) is 5.76 Å². The second-order valence-electron chi connectivity index (χ2n) is 6.10. The predicted octanol–water partition coefficient (Wildman–Crippen LogP) is 3.93. The lowest BCUT2D eigenvalue weighted by molar-refractivity contribution is -0.128. The van der Waals surface area contributed by atoms with Gasteiger partial charge in [0.15, 0.2) is 0 Å². The van der Waals surface area contributed by atoms with Gasteiger partial charge < -0.3 is 14.2 Å². The zero-order chi connectivity index (χ0) is 18.7. The fourth-order valence-corrected chi connectivity index (χ4v) is 3.00. The molecule has 0 radical (unpaired) electrons. The zero-order valence-corrected chi connectivity index (χ0v) is 15.7. The van der Waals surface area contributed by atoms with Crippen LogP contribution < -0.4 is 0 Å². The molecule has 0 atom stereocenters. The highest BCUT2D eigenvalue weighted by molar-refractivity contribution is 6.42. The number of piperazine rings is 1. The van der Waals surface area contributed by atoms with Gasteiger partial charge in [-0.25, -0.2) is 0 Å². The van der Waals surface area contributed by atoms with E-state index in [2.05, 4.69) is 4.90 Å². The van der Waals surface area contributed by atoms with Crippen molar-refractivity contribution in [2.75, 3.05) is 33.2 Å². The summed E-state index contributed by atoms with van der Waals surface area (Å²) in [6, 6.07) is 10.6. The van der Waals surface area contributed by atoms with E-state index in [0.29, 0.717) is 34.7 Å². The molecule has 0 unspecified atom stereocenters. The standard InChI is InChI=1S/C19H17Cl2N3O2/c1-23-6-8-24(9-7-23)19(25)14(12-22)10-15-3-5-18(26-15)13-2-4-16(20)17(21)11-13/h2-5,10-11H,6-9H2,1H3/b14-10+. The number of amides is 1. The maximum Gasteiger partial charge on any atom is 0.264 e. The van der Waals surface area contributed by atoms with E-state index in [-0.39, 0.29) is 11.5 Å². The van der Waals surface area contributed by atoms with Crippen LogP contribution in [0.4, 0.5) is 0 Å². The third-order valence-corrected chi connectivity index (χ3v) is 5.00. The lowest BCUT2D eigenvalue weighted by atomic mass is 10.2. The van der Waals surface area contributed by atoms with Gasteiger partial charge in [0.2, 0.25) is 0 Å². The first-order chi connectivity index (χ1) is 12.5. The number of hydrogen-bond acceptors (Lipinski definition) is 4. The number of carbonyl (C=O) groups excluding carboxylic acids is 1. The summed E-state index contributed by atoms with van der Waals surface area (Å²) in [7, 11) is 2.01. The molecule has 1 saturated heterocycles. The lowest BCUT2D eigenvalue weighted by Crippen LogP contribution is -2.47. The van der Waals surface area contributed by atoms with E-state index >= 15 is 0 Å². The van der Waals surface area contributed by atoms with Crippen LogP contribution in [-0.4, -0.2) is 48.9 Å². The fourth-order valence-electron chi connectivity index (χ4n) is 2.70. The van der Waals surface area contributed by atoms with Crippen LogP contribution in [-0.2, 0) is 4.79 Å². The molecule has 26 heavy (non-hydrogen) atoms. The van der Waals surface area contributed by atoms with Crippen molar-refractivity contribution in [3.8, 4) is 17.4 Å². The minimum absolute atomic E-state index is 0.0598. The van der Waals surface area contributed by atoms with Crippen LogP contribution in [0.5, 0.6) is 0 Å². The van der Waals surface area contributed by atoms with Gasteiger partial charge in [-0.1, -0.05) is 23.2 Å². The molecule has 1 amide bonds. The van der Waals surface area contributed by atoms with Crippen LogP contribution in [0.15, 0.2) is 40.3 Å². The van der Waals surface area contributed by atoms with E-state index in [9.17, 15) is 10.1 Å². The second kappa shape index (κ2) is 7.96. The fraction of sp³-hybridized carbons (Fsp3) is 0.263. The Morgan fingerprint density at radius 2 is 1.88 bits per heavy atom. The van der Waals surface area contributed by atoms with Crippen molar-refractivity contribution in [1.82, 2.24) is 9.80 Å². The number of halogens is 2. The zero-order valence-electron chi connectivity index (χ0n) is 14.2. The molecule has 0 aliphatic carbocycles. The Kier molecular flexibility index (Phi) is 5.67. The van der Waals surface area contributed by atoms with Crippen molar-refractivity contribution in [3.63, 3.8) is 0 Å². The van der Waals surface area contributed by atoms with Gasteiger partial charge in [-0.2, -0.15) is 5.26 Å². The average Bonchev–Trinajstić information content (AvgIpc) is 3.10. The summed E-state index contributed by atoms with van der Waals surface area (Å²) in [6.45, 7) is 2.82. The highest BCUT2D eigenvalue weighted by Gasteiger charge is 2.22. The highest BCUT2D eigenvalue weighted by Crippen LogP contribution is 2.30. The molecule has 2 heterocycles. The first-order valence-electron chi connectivity index (χ1n) is 8.13. The van der Waals surface area contributed by atoms with E-state index in [1.54, 1.807) is 35.2 Å². The second-order valence-corrected chi connectivity index (χ2v) is 6.91. The first kappa shape index (κ1) is 18.5. The molecule has 1 aromatic heterocycles. The molecule has 2 aromatic rings. The summed E-state index contributed by atoms with van der Waals surface area (Å²) in [5.74, 6) is 0.748.